The summed E-state index contributed by atoms with van der Waals surface area (Å²) in [6.07, 6.45) is 17.4. The lowest BCUT2D eigenvalue weighted by Gasteiger charge is -2.15. The molecule has 0 aliphatic rings. The van der Waals surface area contributed by atoms with Crippen molar-refractivity contribution in [1.82, 2.24) is 0 Å². The van der Waals surface area contributed by atoms with Gasteiger partial charge < -0.3 is 5.11 Å². The molecule has 0 aliphatic heterocycles. The normalized spacial score (nSPS) is 12.0. The van der Waals surface area contributed by atoms with Crippen LogP contribution in [0.25, 0.3) is 0 Å². The summed E-state index contributed by atoms with van der Waals surface area (Å²) in [5.74, 6) is -2.57. The van der Waals surface area contributed by atoms with E-state index in [1.165, 1.54) is 70.6 Å². The minimum Gasteiger partial charge on any atom is -0.396 e. The van der Waals surface area contributed by atoms with Gasteiger partial charge in [-0.3, -0.25) is 0 Å². The van der Waals surface area contributed by atoms with Gasteiger partial charge in [0.15, 0.2) is 0 Å². The Hall–Kier alpha value is -0.180. The minimum absolute atomic E-state index is 0.00890. The van der Waals surface area contributed by atoms with Crippen molar-refractivity contribution in [3.05, 3.63) is 0 Å². The van der Waals surface area contributed by atoms with Crippen LogP contribution in [0.15, 0.2) is 0 Å². The Morgan fingerprint density at radius 3 is 1.30 bits per heavy atom. The van der Waals surface area contributed by atoms with Crippen molar-refractivity contribution >= 4 is 0 Å². The van der Waals surface area contributed by atoms with Crippen LogP contribution in [0.2, 0.25) is 0 Å². The van der Waals surface area contributed by atoms with Crippen molar-refractivity contribution in [2.45, 2.75) is 122 Å². The number of aliphatic hydroxyl groups is 1. The van der Waals surface area contributed by atoms with E-state index in [2.05, 4.69) is 6.92 Å². The summed E-state index contributed by atoms with van der Waals surface area (Å²) in [5, 5.41) is 8.59. The third kappa shape index (κ3) is 18.0. The summed E-state index contributed by atoms with van der Waals surface area (Å²) in [6, 6.07) is 0. The van der Waals surface area contributed by atoms with E-state index in [-0.39, 0.29) is 25.9 Å². The van der Waals surface area contributed by atoms with Gasteiger partial charge in [0.1, 0.15) is 0 Å². The summed E-state index contributed by atoms with van der Waals surface area (Å²) < 4.78 is 26.7. The fourth-order valence-corrected chi connectivity index (χ4v) is 3.04. The quantitative estimate of drug-likeness (QED) is 0.261. The summed E-state index contributed by atoms with van der Waals surface area (Å²) in [5.41, 5.74) is 0. The number of hydrogen-bond donors (Lipinski definition) is 1. The van der Waals surface area contributed by atoms with Crippen molar-refractivity contribution < 1.29 is 13.9 Å². The molecular weight excluding hydrogens is 294 g/mol. The van der Waals surface area contributed by atoms with Gasteiger partial charge in [-0.2, -0.15) is 0 Å². The zero-order chi connectivity index (χ0) is 17.2. The van der Waals surface area contributed by atoms with E-state index in [9.17, 15) is 8.78 Å². The number of alkyl halides is 2. The zero-order valence-corrected chi connectivity index (χ0v) is 15.4. The highest BCUT2D eigenvalue weighted by Crippen LogP contribution is 2.27. The maximum Gasteiger partial charge on any atom is 0.248 e. The SMILES string of the molecule is CCCCCCCCCCCCCCCCC(F)(F)CCCO. The molecule has 0 aliphatic carbocycles. The molecule has 3 heteroatoms. The zero-order valence-electron chi connectivity index (χ0n) is 15.4. The predicted octanol–water partition coefficient (Wildman–Crippen LogP) is 7.27. The van der Waals surface area contributed by atoms with Crippen LogP contribution in [0.5, 0.6) is 0 Å². The number of halogens is 2. The molecule has 23 heavy (non-hydrogen) atoms. The van der Waals surface area contributed by atoms with Gasteiger partial charge in [-0.15, -0.1) is 0 Å². The minimum atomic E-state index is -2.57. The summed E-state index contributed by atoms with van der Waals surface area (Å²) in [7, 11) is 0. The average Bonchev–Trinajstić information content (AvgIpc) is 2.53. The third-order valence-electron chi connectivity index (χ3n) is 4.60. The lowest BCUT2D eigenvalue weighted by atomic mass is 10.0. The molecule has 0 fully saturated rings. The van der Waals surface area contributed by atoms with E-state index in [0.29, 0.717) is 6.42 Å². The fraction of sp³-hybridized carbons (Fsp3) is 1.00. The highest BCUT2D eigenvalue weighted by molar-refractivity contribution is 4.66. The first-order valence-corrected chi connectivity index (χ1v) is 10.1. The highest BCUT2D eigenvalue weighted by Gasteiger charge is 2.26. The molecule has 0 bridgehead atoms. The van der Waals surface area contributed by atoms with E-state index in [4.69, 9.17) is 5.11 Å². The fourth-order valence-electron chi connectivity index (χ4n) is 3.04. The largest absolute Gasteiger partial charge is 0.396 e. The van der Waals surface area contributed by atoms with Gasteiger partial charge in [0.05, 0.1) is 0 Å². The summed E-state index contributed by atoms with van der Waals surface area (Å²) >= 11 is 0. The van der Waals surface area contributed by atoms with Gasteiger partial charge in [-0.05, 0) is 12.8 Å². The second-order valence-electron chi connectivity index (χ2n) is 7.03. The van der Waals surface area contributed by atoms with Crippen LogP contribution in [-0.4, -0.2) is 17.6 Å². The molecule has 0 aromatic heterocycles. The van der Waals surface area contributed by atoms with Gasteiger partial charge in [0, 0.05) is 19.4 Å². The van der Waals surface area contributed by atoms with E-state index >= 15 is 0 Å². The summed E-state index contributed by atoms with van der Waals surface area (Å²) in [4.78, 5) is 0. The highest BCUT2D eigenvalue weighted by atomic mass is 19.3. The van der Waals surface area contributed by atoms with Crippen LogP contribution in [0.1, 0.15) is 116 Å². The van der Waals surface area contributed by atoms with Gasteiger partial charge >= 0.3 is 0 Å². The van der Waals surface area contributed by atoms with Crippen LogP contribution < -0.4 is 0 Å². The van der Waals surface area contributed by atoms with Crippen LogP contribution in [0.3, 0.4) is 0 Å². The van der Waals surface area contributed by atoms with Crippen molar-refractivity contribution in [1.29, 1.82) is 0 Å². The molecule has 1 nitrogen and oxygen atoms in total. The van der Waals surface area contributed by atoms with Crippen LogP contribution in [0, 0.1) is 0 Å². The van der Waals surface area contributed by atoms with Gasteiger partial charge in [0.2, 0.25) is 5.92 Å². The molecule has 140 valence electrons. The molecule has 0 atom stereocenters. The van der Waals surface area contributed by atoms with Gasteiger partial charge in [-0.25, -0.2) is 8.78 Å². The van der Waals surface area contributed by atoms with E-state index in [1.807, 2.05) is 0 Å². The Kier molecular flexibility index (Phi) is 16.5. The van der Waals surface area contributed by atoms with Gasteiger partial charge in [-0.1, -0.05) is 90.4 Å². The van der Waals surface area contributed by atoms with Crippen molar-refractivity contribution in [2.75, 3.05) is 6.61 Å². The third-order valence-corrected chi connectivity index (χ3v) is 4.60. The standard InChI is InChI=1S/C20H40F2O/c1-2-3-4-5-6-7-8-9-10-11-12-13-14-15-17-20(21,22)18-16-19-23/h23H,2-19H2,1H3. The maximum absolute atomic E-state index is 13.3. The lowest BCUT2D eigenvalue weighted by Crippen LogP contribution is -2.16. The molecule has 0 spiro atoms. The second-order valence-corrected chi connectivity index (χ2v) is 7.03. The number of aliphatic hydroxyl groups excluding tert-OH is 1. The molecule has 0 saturated heterocycles. The van der Waals surface area contributed by atoms with Crippen molar-refractivity contribution in [2.24, 2.45) is 0 Å². The van der Waals surface area contributed by atoms with E-state index in [0.717, 1.165) is 12.8 Å². The van der Waals surface area contributed by atoms with E-state index in [1.54, 1.807) is 0 Å². The molecule has 0 aromatic carbocycles. The van der Waals surface area contributed by atoms with Crippen molar-refractivity contribution in [3.63, 3.8) is 0 Å². The molecule has 0 saturated carbocycles. The second kappa shape index (κ2) is 16.7. The molecule has 0 amide bonds. The topological polar surface area (TPSA) is 20.2 Å². The molecule has 0 aromatic rings. The first kappa shape index (κ1) is 22.8. The Morgan fingerprint density at radius 2 is 0.913 bits per heavy atom. The van der Waals surface area contributed by atoms with Gasteiger partial charge in [0.25, 0.3) is 0 Å². The average molecular weight is 335 g/mol. The molecule has 0 radical (unpaired) electrons. The Morgan fingerprint density at radius 1 is 0.565 bits per heavy atom. The predicted molar refractivity (Wildman–Crippen MR) is 96.2 cm³/mol. The number of hydrogen-bond acceptors (Lipinski definition) is 1. The first-order valence-electron chi connectivity index (χ1n) is 10.1. The van der Waals surface area contributed by atoms with Crippen LogP contribution in [-0.2, 0) is 0 Å². The first-order chi connectivity index (χ1) is 11.1. The number of rotatable bonds is 18. The molecule has 0 rings (SSSR count). The Balaban J connectivity index is 3.16. The Labute approximate surface area is 143 Å². The summed E-state index contributed by atoms with van der Waals surface area (Å²) in [6.45, 7) is 2.12. The molecular formula is C20H40F2O. The van der Waals surface area contributed by atoms with Crippen LogP contribution >= 0.6 is 0 Å². The molecule has 1 N–H and O–H groups in total. The molecule has 0 heterocycles. The van der Waals surface area contributed by atoms with Crippen molar-refractivity contribution in [3.8, 4) is 0 Å². The van der Waals surface area contributed by atoms with E-state index < -0.39 is 5.92 Å². The maximum atomic E-state index is 13.3. The number of unbranched alkanes of at least 4 members (excludes halogenated alkanes) is 13. The monoisotopic (exact) mass is 334 g/mol. The lowest BCUT2D eigenvalue weighted by molar-refractivity contribution is -0.0234. The smallest absolute Gasteiger partial charge is 0.248 e. The van der Waals surface area contributed by atoms with Crippen LogP contribution in [0.4, 0.5) is 8.78 Å². The Bertz CT molecular complexity index is 232. The molecule has 0 unspecified atom stereocenters.